The highest BCUT2D eigenvalue weighted by Crippen LogP contribution is 2.22. The third-order valence-electron chi connectivity index (χ3n) is 4.83. The zero-order valence-corrected chi connectivity index (χ0v) is 18.7. The van der Waals surface area contributed by atoms with Gasteiger partial charge in [-0.15, -0.1) is 0 Å². The number of rotatable bonds is 7. The summed E-state index contributed by atoms with van der Waals surface area (Å²) in [7, 11) is 0. The van der Waals surface area contributed by atoms with Crippen molar-refractivity contribution < 1.29 is 19.1 Å². The van der Waals surface area contributed by atoms with Crippen LogP contribution in [0.3, 0.4) is 0 Å². The molecule has 1 heterocycles. The summed E-state index contributed by atoms with van der Waals surface area (Å²) in [5, 5.41) is 10.1. The first-order valence-electron chi connectivity index (χ1n) is 9.97. The number of hydrogen-bond donors (Lipinski definition) is 2. The van der Waals surface area contributed by atoms with Crippen LogP contribution in [0.5, 0.6) is 0 Å². The number of nitrogens with one attached hydrogen (secondary N) is 2. The highest BCUT2D eigenvalue weighted by Gasteiger charge is 2.16. The largest absolute Gasteiger partial charge is 0.462 e. The smallest absolute Gasteiger partial charge is 0.341 e. The van der Waals surface area contributed by atoms with Crippen LogP contribution in [0.25, 0.3) is 5.69 Å². The summed E-state index contributed by atoms with van der Waals surface area (Å²) in [6.45, 7) is 5.40. The molecule has 0 aliphatic heterocycles. The first kappa shape index (κ1) is 23.0. The number of aromatic nitrogens is 2. The minimum atomic E-state index is -0.432. The molecule has 9 heteroatoms. The van der Waals surface area contributed by atoms with Gasteiger partial charge in [-0.1, -0.05) is 17.7 Å². The molecule has 0 radical (unpaired) electrons. The zero-order chi connectivity index (χ0) is 23.3. The Kier molecular flexibility index (Phi) is 7.27. The second kappa shape index (κ2) is 10.1. The molecule has 3 rings (SSSR count). The molecule has 0 aliphatic carbocycles. The fourth-order valence-electron chi connectivity index (χ4n) is 3.03. The molecule has 0 aliphatic rings. The summed E-state index contributed by atoms with van der Waals surface area (Å²) in [6.07, 6.45) is 1.45. The molecule has 2 N–H and O–H groups in total. The lowest BCUT2D eigenvalue weighted by Gasteiger charge is -2.10. The fourth-order valence-corrected chi connectivity index (χ4v) is 3.21. The number of benzene rings is 2. The van der Waals surface area contributed by atoms with Crippen molar-refractivity contribution >= 4 is 35.1 Å². The maximum absolute atomic E-state index is 12.4. The van der Waals surface area contributed by atoms with Gasteiger partial charge in [0.1, 0.15) is 5.56 Å². The zero-order valence-electron chi connectivity index (χ0n) is 17.9. The quantitative estimate of drug-likeness (QED) is 0.530. The van der Waals surface area contributed by atoms with Crippen molar-refractivity contribution in [2.75, 3.05) is 18.5 Å². The van der Waals surface area contributed by atoms with Gasteiger partial charge in [0.15, 0.2) is 0 Å². The minimum absolute atomic E-state index is 0.187. The molecule has 0 fully saturated rings. The second-order valence-corrected chi connectivity index (χ2v) is 7.37. The van der Waals surface area contributed by atoms with Crippen LogP contribution in [0, 0.1) is 13.8 Å². The predicted molar refractivity (Wildman–Crippen MR) is 121 cm³/mol. The molecular formula is C23H23ClN4O4. The lowest BCUT2D eigenvalue weighted by atomic mass is 10.2. The van der Waals surface area contributed by atoms with Crippen LogP contribution < -0.4 is 10.6 Å². The molecule has 0 saturated carbocycles. The van der Waals surface area contributed by atoms with Crippen molar-refractivity contribution in [2.45, 2.75) is 20.8 Å². The number of carbonyl (C=O) groups is 3. The van der Waals surface area contributed by atoms with Crippen molar-refractivity contribution in [1.82, 2.24) is 15.1 Å². The van der Waals surface area contributed by atoms with E-state index in [9.17, 15) is 14.4 Å². The van der Waals surface area contributed by atoms with Gasteiger partial charge >= 0.3 is 5.97 Å². The third-order valence-corrected chi connectivity index (χ3v) is 5.24. The van der Waals surface area contributed by atoms with Gasteiger partial charge in [0, 0.05) is 16.3 Å². The standard InChI is InChI=1S/C23H23ClN4O4/c1-4-32-23(31)18-12-26-28(15(18)3)17-10-8-16(9-11-17)22(30)25-13-21(29)27-20-7-5-6-19(24)14(20)2/h5-12H,4,13H2,1-3H3,(H,25,30)(H,27,29). The van der Waals surface area contributed by atoms with Crippen LogP contribution in [0.4, 0.5) is 5.69 Å². The number of amides is 2. The van der Waals surface area contributed by atoms with E-state index in [4.69, 9.17) is 16.3 Å². The van der Waals surface area contributed by atoms with Gasteiger partial charge in [0.25, 0.3) is 5.91 Å². The van der Waals surface area contributed by atoms with Gasteiger partial charge in [-0.2, -0.15) is 5.10 Å². The SMILES string of the molecule is CCOC(=O)c1cnn(-c2ccc(C(=O)NCC(=O)Nc3cccc(Cl)c3C)cc2)c1C. The fraction of sp³-hybridized carbons (Fsp3) is 0.217. The van der Waals surface area contributed by atoms with Gasteiger partial charge in [-0.3, -0.25) is 9.59 Å². The van der Waals surface area contributed by atoms with E-state index in [0.29, 0.717) is 33.2 Å². The van der Waals surface area contributed by atoms with Gasteiger partial charge < -0.3 is 15.4 Å². The first-order chi connectivity index (χ1) is 15.3. The molecule has 0 spiro atoms. The normalized spacial score (nSPS) is 10.5. The number of halogens is 1. The number of hydrogen-bond acceptors (Lipinski definition) is 5. The van der Waals surface area contributed by atoms with Crippen molar-refractivity contribution in [3.05, 3.63) is 76.1 Å². The molecule has 0 bridgehead atoms. The highest BCUT2D eigenvalue weighted by molar-refractivity contribution is 6.31. The van der Waals surface area contributed by atoms with Crippen LogP contribution in [0.2, 0.25) is 5.02 Å². The maximum atomic E-state index is 12.4. The van der Waals surface area contributed by atoms with Crippen molar-refractivity contribution in [3.63, 3.8) is 0 Å². The Labute approximate surface area is 190 Å². The molecule has 0 saturated heterocycles. The van der Waals surface area contributed by atoms with E-state index in [-0.39, 0.29) is 25.0 Å². The van der Waals surface area contributed by atoms with E-state index >= 15 is 0 Å². The van der Waals surface area contributed by atoms with Gasteiger partial charge in [0.05, 0.1) is 30.7 Å². The van der Waals surface area contributed by atoms with Gasteiger partial charge in [0.2, 0.25) is 5.91 Å². The molecular weight excluding hydrogens is 432 g/mol. The van der Waals surface area contributed by atoms with E-state index in [1.165, 1.54) is 6.20 Å². The lowest BCUT2D eigenvalue weighted by Crippen LogP contribution is -2.33. The Bertz CT molecular complexity index is 1160. The summed E-state index contributed by atoms with van der Waals surface area (Å²) >= 11 is 6.05. The molecule has 3 aromatic rings. The van der Waals surface area contributed by atoms with Crippen molar-refractivity contribution in [1.29, 1.82) is 0 Å². The molecule has 0 atom stereocenters. The number of carbonyl (C=O) groups excluding carboxylic acids is 3. The summed E-state index contributed by atoms with van der Waals surface area (Å²) in [5.41, 5.74) is 3.44. The Hall–Kier alpha value is -3.65. The Morgan fingerprint density at radius 2 is 1.81 bits per heavy atom. The van der Waals surface area contributed by atoms with Crippen LogP contribution in [0.1, 0.15) is 38.9 Å². The average molecular weight is 455 g/mol. The summed E-state index contributed by atoms with van der Waals surface area (Å²) in [5.74, 6) is -1.18. The summed E-state index contributed by atoms with van der Waals surface area (Å²) < 4.78 is 6.61. The van der Waals surface area contributed by atoms with E-state index < -0.39 is 5.97 Å². The summed E-state index contributed by atoms with van der Waals surface area (Å²) in [4.78, 5) is 36.5. The molecule has 1 aromatic heterocycles. The number of esters is 1. The van der Waals surface area contributed by atoms with Crippen LogP contribution in [-0.4, -0.2) is 40.7 Å². The number of nitrogens with zero attached hydrogens (tertiary/aromatic N) is 2. The second-order valence-electron chi connectivity index (χ2n) is 6.97. The number of ether oxygens (including phenoxy) is 1. The molecule has 8 nitrogen and oxygen atoms in total. The van der Waals surface area contributed by atoms with Gasteiger partial charge in [-0.25, -0.2) is 9.48 Å². The van der Waals surface area contributed by atoms with E-state index in [1.54, 1.807) is 67.9 Å². The Morgan fingerprint density at radius 3 is 2.50 bits per heavy atom. The average Bonchev–Trinajstić information content (AvgIpc) is 3.17. The van der Waals surface area contributed by atoms with Gasteiger partial charge in [-0.05, 0) is 62.7 Å². The molecule has 0 unspecified atom stereocenters. The van der Waals surface area contributed by atoms with E-state index in [2.05, 4.69) is 15.7 Å². The topological polar surface area (TPSA) is 102 Å². The minimum Gasteiger partial charge on any atom is -0.462 e. The van der Waals surface area contributed by atoms with Crippen LogP contribution in [0.15, 0.2) is 48.7 Å². The predicted octanol–water partition coefficient (Wildman–Crippen LogP) is 3.69. The first-order valence-corrected chi connectivity index (χ1v) is 10.3. The van der Waals surface area contributed by atoms with Crippen molar-refractivity contribution in [3.8, 4) is 5.69 Å². The molecule has 166 valence electrons. The number of anilines is 1. The monoisotopic (exact) mass is 454 g/mol. The Morgan fingerprint density at radius 1 is 1.09 bits per heavy atom. The Balaban J connectivity index is 1.61. The van der Waals surface area contributed by atoms with E-state index in [1.807, 2.05) is 0 Å². The van der Waals surface area contributed by atoms with Crippen LogP contribution >= 0.6 is 11.6 Å². The van der Waals surface area contributed by atoms with Crippen molar-refractivity contribution in [2.24, 2.45) is 0 Å². The third kappa shape index (κ3) is 5.15. The molecule has 2 amide bonds. The van der Waals surface area contributed by atoms with E-state index in [0.717, 1.165) is 5.56 Å². The maximum Gasteiger partial charge on any atom is 0.341 e. The lowest BCUT2D eigenvalue weighted by molar-refractivity contribution is -0.115. The summed E-state index contributed by atoms with van der Waals surface area (Å²) in [6, 6.07) is 11.9. The molecule has 32 heavy (non-hydrogen) atoms. The van der Waals surface area contributed by atoms with Crippen LogP contribution in [-0.2, 0) is 9.53 Å². The highest BCUT2D eigenvalue weighted by atomic mass is 35.5. The molecule has 2 aromatic carbocycles.